The van der Waals surface area contributed by atoms with Gasteiger partial charge in [-0.25, -0.2) is 4.79 Å². The minimum Gasteiger partial charge on any atom is -0.452 e. The van der Waals surface area contributed by atoms with Gasteiger partial charge in [-0.2, -0.15) is 5.26 Å². The Balaban J connectivity index is 1.35. The van der Waals surface area contributed by atoms with Gasteiger partial charge in [0.1, 0.15) is 11.1 Å². The molecule has 1 N–H and O–H groups in total. The third-order valence-corrected chi connectivity index (χ3v) is 10.8. The molecule has 0 bridgehead atoms. The minimum absolute atomic E-state index is 0.148. The van der Waals surface area contributed by atoms with Crippen LogP contribution in [0.5, 0.6) is 0 Å². The van der Waals surface area contributed by atoms with E-state index in [1.807, 2.05) is 24.3 Å². The number of hydrogen-bond donors (Lipinski definition) is 1. The van der Waals surface area contributed by atoms with E-state index < -0.39 is 18.5 Å². The molecule has 1 amide bonds. The van der Waals surface area contributed by atoms with E-state index in [0.717, 1.165) is 72.7 Å². The van der Waals surface area contributed by atoms with Gasteiger partial charge < -0.3 is 10.1 Å². The monoisotopic (exact) mass is 571 g/mol. The number of carbonyl (C=O) groups is 2. The van der Waals surface area contributed by atoms with Crippen molar-refractivity contribution in [3.8, 4) is 6.07 Å². The standard InChI is InChI=1S/C34H41N3O3S/c1-7-34(5,6)21-13-15-27-24(16-21)30(23-10-8-9-11-26(23)36-27)32(39)40-19-29(38)37-31-25(18-35)22-14-12-20(33(2,3)4)17-28(22)41-31/h8-11,20-21H,7,12-17,19H2,1-6H3,(H,37,38). The summed E-state index contributed by atoms with van der Waals surface area (Å²) in [5.41, 5.74) is 5.17. The largest absolute Gasteiger partial charge is 0.452 e. The highest BCUT2D eigenvalue weighted by Gasteiger charge is 2.35. The van der Waals surface area contributed by atoms with E-state index in [9.17, 15) is 14.9 Å². The van der Waals surface area contributed by atoms with Crippen molar-refractivity contribution in [3.05, 3.63) is 57.1 Å². The SMILES string of the molecule is CCC(C)(C)C1CCc2nc3ccccc3c(C(=O)OCC(=O)Nc3sc4c(c3C#N)CCC(C(C)(C)C)C4)c2C1. The number of esters is 1. The first-order chi connectivity index (χ1) is 19.4. The highest BCUT2D eigenvalue weighted by Crippen LogP contribution is 2.44. The van der Waals surface area contributed by atoms with Gasteiger partial charge in [0.25, 0.3) is 5.91 Å². The van der Waals surface area contributed by atoms with E-state index in [0.29, 0.717) is 28.0 Å². The summed E-state index contributed by atoms with van der Waals surface area (Å²) in [7, 11) is 0. The summed E-state index contributed by atoms with van der Waals surface area (Å²) < 4.78 is 5.66. The van der Waals surface area contributed by atoms with Crippen molar-refractivity contribution < 1.29 is 14.3 Å². The molecule has 0 saturated heterocycles. The molecule has 5 rings (SSSR count). The first kappa shape index (κ1) is 29.3. The van der Waals surface area contributed by atoms with Crippen molar-refractivity contribution in [3.63, 3.8) is 0 Å². The summed E-state index contributed by atoms with van der Waals surface area (Å²) in [6, 6.07) is 9.97. The number of aryl methyl sites for hydroxylation is 1. The smallest absolute Gasteiger partial charge is 0.339 e. The van der Waals surface area contributed by atoms with Crippen LogP contribution in [-0.4, -0.2) is 23.5 Å². The van der Waals surface area contributed by atoms with Crippen molar-refractivity contribution in [1.82, 2.24) is 4.98 Å². The van der Waals surface area contributed by atoms with Crippen LogP contribution >= 0.6 is 11.3 Å². The van der Waals surface area contributed by atoms with Crippen LogP contribution in [0.2, 0.25) is 0 Å². The number of amides is 1. The number of nitrogens with zero attached hydrogens (tertiary/aromatic N) is 2. The second-order valence-electron chi connectivity index (χ2n) is 13.5. The second kappa shape index (κ2) is 11.2. The molecule has 2 aromatic heterocycles. The van der Waals surface area contributed by atoms with Crippen LogP contribution in [0.25, 0.3) is 10.9 Å². The molecule has 41 heavy (non-hydrogen) atoms. The van der Waals surface area contributed by atoms with Crippen molar-refractivity contribution in [2.45, 2.75) is 86.5 Å². The van der Waals surface area contributed by atoms with Crippen LogP contribution in [0.1, 0.15) is 98.4 Å². The van der Waals surface area contributed by atoms with Gasteiger partial charge in [-0.05, 0) is 78.4 Å². The topological polar surface area (TPSA) is 92.1 Å². The van der Waals surface area contributed by atoms with Crippen LogP contribution in [0.3, 0.4) is 0 Å². The maximum Gasteiger partial charge on any atom is 0.339 e. The molecule has 0 radical (unpaired) electrons. The van der Waals surface area contributed by atoms with E-state index in [-0.39, 0.29) is 10.8 Å². The van der Waals surface area contributed by atoms with Crippen LogP contribution in [-0.2, 0) is 35.2 Å². The Morgan fingerprint density at radius 2 is 1.80 bits per heavy atom. The zero-order valence-electron chi connectivity index (χ0n) is 25.1. The second-order valence-corrected chi connectivity index (χ2v) is 14.6. The van der Waals surface area contributed by atoms with Crippen molar-refractivity contribution >= 4 is 39.1 Å². The zero-order valence-corrected chi connectivity index (χ0v) is 26.0. The molecule has 2 atom stereocenters. The number of rotatable bonds is 6. The highest BCUT2D eigenvalue weighted by atomic mass is 32.1. The van der Waals surface area contributed by atoms with E-state index in [1.54, 1.807) is 0 Å². The summed E-state index contributed by atoms with van der Waals surface area (Å²) in [5.74, 6) is 0.0419. The molecule has 6 nitrogen and oxygen atoms in total. The first-order valence-electron chi connectivity index (χ1n) is 14.8. The van der Waals surface area contributed by atoms with E-state index in [4.69, 9.17) is 9.72 Å². The molecule has 0 fully saturated rings. The number of hydrogen-bond acceptors (Lipinski definition) is 6. The number of nitrogens with one attached hydrogen (secondary N) is 1. The first-order valence-corrected chi connectivity index (χ1v) is 15.7. The Labute approximate surface area is 247 Å². The normalized spacial score (nSPS) is 18.8. The third-order valence-electron chi connectivity index (χ3n) is 9.67. The lowest BCUT2D eigenvalue weighted by atomic mass is 9.68. The maximum absolute atomic E-state index is 13.6. The van der Waals surface area contributed by atoms with Gasteiger partial charge in [0.2, 0.25) is 0 Å². The molecule has 2 heterocycles. The summed E-state index contributed by atoms with van der Waals surface area (Å²) in [5, 5.41) is 14.1. The van der Waals surface area contributed by atoms with Gasteiger partial charge >= 0.3 is 5.97 Å². The average molecular weight is 572 g/mol. The summed E-state index contributed by atoms with van der Waals surface area (Å²) >= 11 is 1.49. The number of nitriles is 1. The number of pyridine rings is 1. The average Bonchev–Trinajstić information content (AvgIpc) is 3.29. The fourth-order valence-electron chi connectivity index (χ4n) is 6.47. The predicted octanol–water partition coefficient (Wildman–Crippen LogP) is 7.66. The molecule has 2 aliphatic carbocycles. The van der Waals surface area contributed by atoms with E-state index in [2.05, 4.69) is 52.9 Å². The Morgan fingerprint density at radius 3 is 2.51 bits per heavy atom. The highest BCUT2D eigenvalue weighted by molar-refractivity contribution is 7.16. The predicted molar refractivity (Wildman–Crippen MR) is 164 cm³/mol. The Bertz CT molecular complexity index is 1540. The number of fused-ring (bicyclic) bond motifs is 3. The molecule has 1 aromatic carbocycles. The molecular formula is C34H41N3O3S. The molecule has 2 aliphatic rings. The van der Waals surface area contributed by atoms with Crippen LogP contribution in [0.4, 0.5) is 5.00 Å². The summed E-state index contributed by atoms with van der Waals surface area (Å²) in [6.07, 6.45) is 6.49. The van der Waals surface area contributed by atoms with Gasteiger partial charge in [-0.1, -0.05) is 66.2 Å². The Morgan fingerprint density at radius 1 is 1.07 bits per heavy atom. The number of aromatic nitrogens is 1. The van der Waals surface area contributed by atoms with Crippen molar-refractivity contribution in [2.24, 2.45) is 22.7 Å². The fourth-order valence-corrected chi connectivity index (χ4v) is 7.77. The van der Waals surface area contributed by atoms with Crippen LogP contribution in [0.15, 0.2) is 24.3 Å². The Kier molecular flexibility index (Phi) is 8.00. The van der Waals surface area contributed by atoms with Gasteiger partial charge in [0.15, 0.2) is 6.61 Å². The molecule has 7 heteroatoms. The molecule has 2 unspecified atom stereocenters. The van der Waals surface area contributed by atoms with Crippen LogP contribution in [0, 0.1) is 34.0 Å². The van der Waals surface area contributed by atoms with Gasteiger partial charge in [0.05, 0.1) is 16.6 Å². The molecule has 0 saturated carbocycles. The van der Waals surface area contributed by atoms with Gasteiger partial charge in [-0.3, -0.25) is 9.78 Å². The van der Waals surface area contributed by atoms with Crippen molar-refractivity contribution in [1.29, 1.82) is 5.26 Å². The molecule has 0 aliphatic heterocycles. The van der Waals surface area contributed by atoms with E-state index in [1.165, 1.54) is 16.2 Å². The number of carbonyl (C=O) groups excluding carboxylic acids is 2. The molecule has 216 valence electrons. The van der Waals surface area contributed by atoms with Crippen LogP contribution < -0.4 is 5.32 Å². The van der Waals surface area contributed by atoms with Crippen molar-refractivity contribution in [2.75, 3.05) is 11.9 Å². The zero-order chi connectivity index (χ0) is 29.5. The lowest BCUT2D eigenvalue weighted by Gasteiger charge is -2.37. The fraction of sp³-hybridized carbons (Fsp3) is 0.529. The molecular weight excluding hydrogens is 530 g/mol. The Hall–Kier alpha value is -3.24. The van der Waals surface area contributed by atoms with E-state index >= 15 is 0 Å². The number of para-hydroxylation sites is 1. The maximum atomic E-state index is 13.6. The third kappa shape index (κ3) is 5.77. The number of thiophene rings is 1. The molecule has 3 aromatic rings. The number of anilines is 1. The lowest BCUT2D eigenvalue weighted by molar-refractivity contribution is -0.119. The minimum atomic E-state index is -0.496. The quantitative estimate of drug-likeness (QED) is 0.307. The number of ether oxygens (including phenoxy) is 1. The van der Waals surface area contributed by atoms with Gasteiger partial charge in [0, 0.05) is 16.0 Å². The molecule has 0 spiro atoms. The lowest BCUT2D eigenvalue weighted by Crippen LogP contribution is -2.31. The summed E-state index contributed by atoms with van der Waals surface area (Å²) in [4.78, 5) is 32.8. The van der Waals surface area contributed by atoms with Gasteiger partial charge in [-0.15, -0.1) is 11.3 Å². The number of benzene rings is 1. The summed E-state index contributed by atoms with van der Waals surface area (Å²) in [6.45, 7) is 13.2.